The third-order valence-electron chi connectivity index (χ3n) is 3.92. The molecule has 3 aromatic rings. The number of nitrogens with zero attached hydrogens (tertiary/aromatic N) is 1. The van der Waals surface area contributed by atoms with Crippen LogP contribution in [0.25, 0.3) is 10.9 Å². The van der Waals surface area contributed by atoms with Gasteiger partial charge in [0.05, 0.1) is 0 Å². The highest BCUT2D eigenvalue weighted by atomic mass is 14.9. The Morgan fingerprint density at radius 3 is 2.55 bits per heavy atom. The highest BCUT2D eigenvalue weighted by molar-refractivity contribution is 5.83. The van der Waals surface area contributed by atoms with Crippen molar-refractivity contribution >= 4 is 10.9 Å². The zero-order valence-electron chi connectivity index (χ0n) is 11.8. The van der Waals surface area contributed by atoms with E-state index in [9.17, 15) is 0 Å². The molecule has 0 unspecified atom stereocenters. The molecule has 0 fully saturated rings. The van der Waals surface area contributed by atoms with Crippen molar-refractivity contribution < 1.29 is 0 Å². The summed E-state index contributed by atoms with van der Waals surface area (Å²) in [5, 5.41) is 1.33. The molecule has 0 spiro atoms. The standard InChI is InChI=1S/C18H20N2/c1-14-5-2-3-6-16(14)13-20-12-10-17-15(9-11-19)7-4-8-18(17)20/h2-8,10,12H,9,11,13,19H2,1H3. The first-order chi connectivity index (χ1) is 9.79. The smallest absolute Gasteiger partial charge is 0.0486 e. The summed E-state index contributed by atoms with van der Waals surface area (Å²) < 4.78 is 2.32. The van der Waals surface area contributed by atoms with E-state index in [2.05, 4.69) is 66.2 Å². The molecule has 0 aliphatic heterocycles. The maximum atomic E-state index is 5.69. The van der Waals surface area contributed by atoms with Gasteiger partial charge >= 0.3 is 0 Å². The normalized spacial score (nSPS) is 11.1. The average molecular weight is 264 g/mol. The summed E-state index contributed by atoms with van der Waals surface area (Å²) in [6.07, 6.45) is 3.11. The van der Waals surface area contributed by atoms with Gasteiger partial charge in [0.1, 0.15) is 0 Å². The third kappa shape index (κ3) is 2.35. The van der Waals surface area contributed by atoms with Crippen LogP contribution < -0.4 is 5.73 Å². The van der Waals surface area contributed by atoms with Crippen molar-refractivity contribution in [2.75, 3.05) is 6.54 Å². The molecule has 2 N–H and O–H groups in total. The van der Waals surface area contributed by atoms with Crippen LogP contribution in [-0.4, -0.2) is 11.1 Å². The lowest BCUT2D eigenvalue weighted by atomic mass is 10.1. The minimum Gasteiger partial charge on any atom is -0.343 e. The van der Waals surface area contributed by atoms with Gasteiger partial charge in [-0.2, -0.15) is 0 Å². The van der Waals surface area contributed by atoms with Gasteiger partial charge in [0.2, 0.25) is 0 Å². The fraction of sp³-hybridized carbons (Fsp3) is 0.222. The highest BCUT2D eigenvalue weighted by Crippen LogP contribution is 2.22. The van der Waals surface area contributed by atoms with Gasteiger partial charge < -0.3 is 10.3 Å². The van der Waals surface area contributed by atoms with Crippen LogP contribution in [0.2, 0.25) is 0 Å². The number of aromatic nitrogens is 1. The van der Waals surface area contributed by atoms with E-state index in [-0.39, 0.29) is 0 Å². The average Bonchev–Trinajstić information content (AvgIpc) is 2.86. The van der Waals surface area contributed by atoms with Crippen LogP contribution in [0.3, 0.4) is 0 Å². The van der Waals surface area contributed by atoms with Crippen LogP contribution in [0.4, 0.5) is 0 Å². The summed E-state index contributed by atoms with van der Waals surface area (Å²) in [5.41, 5.74) is 11.0. The zero-order chi connectivity index (χ0) is 13.9. The van der Waals surface area contributed by atoms with E-state index in [1.165, 1.54) is 27.6 Å². The molecule has 3 rings (SSSR count). The molecular formula is C18H20N2. The Labute approximate surface area is 119 Å². The second-order valence-corrected chi connectivity index (χ2v) is 5.26. The predicted octanol–water partition coefficient (Wildman–Crippen LogP) is 3.50. The summed E-state index contributed by atoms with van der Waals surface area (Å²) >= 11 is 0. The van der Waals surface area contributed by atoms with Crippen molar-refractivity contribution in [3.05, 3.63) is 71.4 Å². The topological polar surface area (TPSA) is 30.9 Å². The maximum Gasteiger partial charge on any atom is 0.0486 e. The SMILES string of the molecule is Cc1ccccc1Cn1ccc2c(CCN)cccc21. The summed E-state index contributed by atoms with van der Waals surface area (Å²) in [5.74, 6) is 0. The van der Waals surface area contributed by atoms with Gasteiger partial charge in [-0.1, -0.05) is 36.4 Å². The summed E-state index contributed by atoms with van der Waals surface area (Å²) in [4.78, 5) is 0. The van der Waals surface area contributed by atoms with E-state index in [1.54, 1.807) is 0 Å². The Bertz CT molecular complexity index is 725. The quantitative estimate of drug-likeness (QED) is 0.768. The minimum atomic E-state index is 0.697. The van der Waals surface area contributed by atoms with E-state index >= 15 is 0 Å². The van der Waals surface area contributed by atoms with Gasteiger partial charge in [0, 0.05) is 23.6 Å². The van der Waals surface area contributed by atoms with Crippen LogP contribution in [0.5, 0.6) is 0 Å². The molecule has 0 bridgehead atoms. The molecule has 102 valence electrons. The Morgan fingerprint density at radius 1 is 0.950 bits per heavy atom. The fourth-order valence-corrected chi connectivity index (χ4v) is 2.77. The summed E-state index contributed by atoms with van der Waals surface area (Å²) in [6, 6.07) is 17.3. The first-order valence-corrected chi connectivity index (χ1v) is 7.11. The fourth-order valence-electron chi connectivity index (χ4n) is 2.77. The van der Waals surface area contributed by atoms with Crippen molar-refractivity contribution in [1.82, 2.24) is 4.57 Å². The third-order valence-corrected chi connectivity index (χ3v) is 3.92. The maximum absolute atomic E-state index is 5.69. The molecule has 2 aromatic carbocycles. The van der Waals surface area contributed by atoms with Crippen molar-refractivity contribution in [2.24, 2.45) is 5.73 Å². The van der Waals surface area contributed by atoms with Crippen molar-refractivity contribution in [2.45, 2.75) is 19.9 Å². The van der Waals surface area contributed by atoms with Crippen molar-refractivity contribution in [1.29, 1.82) is 0 Å². The van der Waals surface area contributed by atoms with E-state index < -0.39 is 0 Å². The molecule has 0 radical (unpaired) electrons. The molecule has 1 heterocycles. The molecule has 0 saturated carbocycles. The molecule has 20 heavy (non-hydrogen) atoms. The van der Waals surface area contributed by atoms with Crippen LogP contribution in [-0.2, 0) is 13.0 Å². The molecule has 0 amide bonds. The molecule has 0 atom stereocenters. The van der Waals surface area contributed by atoms with Crippen LogP contribution in [0.15, 0.2) is 54.7 Å². The number of hydrogen-bond acceptors (Lipinski definition) is 1. The predicted molar refractivity (Wildman–Crippen MR) is 85.0 cm³/mol. The molecule has 1 aromatic heterocycles. The lowest BCUT2D eigenvalue weighted by Crippen LogP contribution is -2.03. The largest absolute Gasteiger partial charge is 0.343 e. The van der Waals surface area contributed by atoms with Gasteiger partial charge in [-0.05, 0) is 48.7 Å². The van der Waals surface area contributed by atoms with Crippen LogP contribution in [0, 0.1) is 6.92 Å². The van der Waals surface area contributed by atoms with Crippen LogP contribution in [0.1, 0.15) is 16.7 Å². The summed E-state index contributed by atoms with van der Waals surface area (Å²) in [7, 11) is 0. The van der Waals surface area contributed by atoms with Crippen molar-refractivity contribution in [3.63, 3.8) is 0 Å². The minimum absolute atomic E-state index is 0.697. The van der Waals surface area contributed by atoms with Gasteiger partial charge in [-0.25, -0.2) is 0 Å². The summed E-state index contributed by atoms with van der Waals surface area (Å²) in [6.45, 7) is 3.78. The van der Waals surface area contributed by atoms with E-state index in [0.29, 0.717) is 6.54 Å². The Balaban J connectivity index is 2.01. The number of rotatable bonds is 4. The van der Waals surface area contributed by atoms with Gasteiger partial charge in [-0.15, -0.1) is 0 Å². The Kier molecular flexibility index (Phi) is 3.57. The van der Waals surface area contributed by atoms with Gasteiger partial charge in [0.25, 0.3) is 0 Å². The molecular weight excluding hydrogens is 244 g/mol. The Morgan fingerprint density at radius 2 is 1.75 bits per heavy atom. The molecule has 2 heteroatoms. The second-order valence-electron chi connectivity index (χ2n) is 5.26. The highest BCUT2D eigenvalue weighted by Gasteiger charge is 2.06. The lowest BCUT2D eigenvalue weighted by Gasteiger charge is -2.09. The number of fused-ring (bicyclic) bond motifs is 1. The monoisotopic (exact) mass is 264 g/mol. The number of aryl methyl sites for hydroxylation is 1. The van der Waals surface area contributed by atoms with Crippen LogP contribution >= 0.6 is 0 Å². The first-order valence-electron chi connectivity index (χ1n) is 7.11. The van der Waals surface area contributed by atoms with Crippen molar-refractivity contribution in [3.8, 4) is 0 Å². The number of hydrogen-bond donors (Lipinski definition) is 1. The van der Waals surface area contributed by atoms with Gasteiger partial charge in [-0.3, -0.25) is 0 Å². The number of nitrogens with two attached hydrogens (primary N) is 1. The zero-order valence-corrected chi connectivity index (χ0v) is 11.8. The van der Waals surface area contributed by atoms with E-state index in [0.717, 1.165) is 13.0 Å². The molecule has 2 nitrogen and oxygen atoms in total. The molecule has 0 aliphatic carbocycles. The lowest BCUT2D eigenvalue weighted by molar-refractivity contribution is 0.830. The van der Waals surface area contributed by atoms with Gasteiger partial charge in [0.15, 0.2) is 0 Å². The molecule has 0 aliphatic rings. The molecule has 0 saturated heterocycles. The number of benzene rings is 2. The first kappa shape index (κ1) is 12.9. The Hall–Kier alpha value is -2.06. The second kappa shape index (κ2) is 5.51. The van der Waals surface area contributed by atoms with E-state index in [4.69, 9.17) is 5.73 Å². The van der Waals surface area contributed by atoms with E-state index in [1.807, 2.05) is 0 Å².